The molecule has 0 aliphatic rings. The molecule has 5 N–H and O–H groups in total. The topological polar surface area (TPSA) is 151 Å². The number of aryl methyl sites for hydroxylation is 2. The predicted molar refractivity (Wildman–Crippen MR) is 159 cm³/mol. The molecule has 0 bridgehead atoms. The van der Waals surface area contributed by atoms with Crippen molar-refractivity contribution in [3.63, 3.8) is 0 Å². The number of phenolic OH excluding ortho intramolecular Hbond substituents is 1. The van der Waals surface area contributed by atoms with Gasteiger partial charge in [-0.1, -0.05) is 43.1 Å². The number of aromatic hydroxyl groups is 1. The number of benzene rings is 2. The molecule has 2 unspecified atom stereocenters. The highest BCUT2D eigenvalue weighted by Crippen LogP contribution is 2.31. The molecule has 0 spiro atoms. The molecule has 0 heterocycles. The van der Waals surface area contributed by atoms with Crippen molar-refractivity contribution in [2.45, 2.75) is 84.9 Å². The molecule has 0 saturated carbocycles. The Hall–Kier alpha value is -3.79. The molecule has 2 aromatic carbocycles. The van der Waals surface area contributed by atoms with Crippen LogP contribution in [0.1, 0.15) is 76.1 Å². The average molecular weight is 589 g/mol. The number of unbranched alkanes of at least 4 members (excludes halogenated alkanes) is 1. The number of hydrogen-bond acceptors (Lipinski definition) is 6. The third kappa shape index (κ3) is 9.97. The molecule has 0 saturated heterocycles. The van der Waals surface area contributed by atoms with Gasteiger partial charge in [0, 0.05) is 13.0 Å². The number of carbonyl (C=O) groups excluding carboxylic acids is 4. The highest BCUT2D eigenvalue weighted by atomic mass is 35.5. The Kier molecular flexibility index (Phi) is 12.0. The van der Waals surface area contributed by atoms with E-state index in [4.69, 9.17) is 22.1 Å². The van der Waals surface area contributed by atoms with Crippen molar-refractivity contribution in [1.29, 1.82) is 0 Å². The minimum atomic E-state index is -1.20. The highest BCUT2D eigenvalue weighted by Gasteiger charge is 2.36. The van der Waals surface area contributed by atoms with Gasteiger partial charge in [-0.15, -0.1) is 0 Å². The molecule has 41 heavy (non-hydrogen) atoms. The van der Waals surface area contributed by atoms with Gasteiger partial charge in [0.05, 0.1) is 10.7 Å². The molecule has 0 fully saturated rings. The number of amides is 4. The van der Waals surface area contributed by atoms with Crippen LogP contribution in [0, 0.1) is 13.8 Å². The second-order valence-electron chi connectivity index (χ2n) is 11.0. The van der Waals surface area contributed by atoms with Crippen LogP contribution in [0.5, 0.6) is 5.75 Å². The van der Waals surface area contributed by atoms with E-state index in [1.54, 1.807) is 65.0 Å². The maximum absolute atomic E-state index is 14.2. The summed E-state index contributed by atoms with van der Waals surface area (Å²) in [6.45, 7) is 10.6. The van der Waals surface area contributed by atoms with Gasteiger partial charge in [-0.2, -0.15) is 0 Å². The summed E-state index contributed by atoms with van der Waals surface area (Å²) in [6.07, 6.45) is 0.141. The quantitative estimate of drug-likeness (QED) is 0.270. The normalized spacial score (nSPS) is 12.7. The van der Waals surface area contributed by atoms with Gasteiger partial charge >= 0.3 is 6.09 Å². The Morgan fingerprint density at radius 1 is 1.10 bits per heavy atom. The maximum atomic E-state index is 14.2. The molecule has 0 aliphatic heterocycles. The van der Waals surface area contributed by atoms with E-state index >= 15 is 0 Å². The number of nitrogens with two attached hydrogens (primary N) is 1. The van der Waals surface area contributed by atoms with Gasteiger partial charge in [0.1, 0.15) is 23.4 Å². The van der Waals surface area contributed by atoms with E-state index in [0.717, 1.165) is 5.56 Å². The van der Waals surface area contributed by atoms with Gasteiger partial charge in [0.2, 0.25) is 11.8 Å². The van der Waals surface area contributed by atoms with Crippen LogP contribution in [0.3, 0.4) is 0 Å². The van der Waals surface area contributed by atoms with Crippen LogP contribution < -0.4 is 16.4 Å². The summed E-state index contributed by atoms with van der Waals surface area (Å²) in [5, 5.41) is 15.9. The lowest BCUT2D eigenvalue weighted by Gasteiger charge is -2.35. The number of carbonyl (C=O) groups is 4. The molecular weight excluding hydrogens is 548 g/mol. The molecule has 2 aromatic rings. The van der Waals surface area contributed by atoms with E-state index in [-0.39, 0.29) is 25.1 Å². The van der Waals surface area contributed by atoms with Gasteiger partial charge in [-0.3, -0.25) is 14.4 Å². The lowest BCUT2D eigenvalue weighted by molar-refractivity contribution is -0.141. The fourth-order valence-electron chi connectivity index (χ4n) is 4.19. The number of halogens is 1. The van der Waals surface area contributed by atoms with Crippen LogP contribution in [-0.4, -0.2) is 52.0 Å². The summed E-state index contributed by atoms with van der Waals surface area (Å²) in [5.41, 5.74) is 6.61. The largest absolute Gasteiger partial charge is 0.508 e. The Morgan fingerprint density at radius 3 is 2.34 bits per heavy atom. The number of rotatable bonds is 12. The van der Waals surface area contributed by atoms with Crippen molar-refractivity contribution in [2.24, 2.45) is 5.73 Å². The number of anilines is 1. The van der Waals surface area contributed by atoms with Crippen LogP contribution in [0.15, 0.2) is 36.4 Å². The van der Waals surface area contributed by atoms with Crippen LogP contribution >= 0.6 is 11.6 Å². The predicted octanol–water partition coefficient (Wildman–Crippen LogP) is 5.13. The third-order valence-corrected chi connectivity index (χ3v) is 6.59. The van der Waals surface area contributed by atoms with Crippen molar-refractivity contribution in [1.82, 2.24) is 10.2 Å². The number of phenols is 1. The molecule has 4 amide bonds. The molecule has 2 rings (SSSR count). The molecule has 0 aliphatic carbocycles. The average Bonchev–Trinajstić information content (AvgIpc) is 2.86. The van der Waals surface area contributed by atoms with Crippen molar-refractivity contribution in [3.8, 4) is 5.75 Å². The van der Waals surface area contributed by atoms with Gasteiger partial charge in [-0.25, -0.2) is 4.79 Å². The van der Waals surface area contributed by atoms with E-state index < -0.39 is 41.5 Å². The van der Waals surface area contributed by atoms with Gasteiger partial charge in [-0.05, 0) is 82.3 Å². The summed E-state index contributed by atoms with van der Waals surface area (Å²) in [6, 6.07) is 7.49. The van der Waals surface area contributed by atoms with Gasteiger partial charge < -0.3 is 31.1 Å². The summed E-state index contributed by atoms with van der Waals surface area (Å²) >= 11 is 6.39. The van der Waals surface area contributed by atoms with E-state index in [0.29, 0.717) is 34.7 Å². The minimum absolute atomic E-state index is 0.0345. The Balaban J connectivity index is 2.61. The molecule has 11 heteroatoms. The first kappa shape index (κ1) is 33.4. The second kappa shape index (κ2) is 14.7. The SMILES string of the molecule is CCCCN(C(=O)C(CCC(N)=O)NC(=O)OC(C)(C)C)C(C(=O)Nc1c(C)cccc1Cl)c1ccc(O)c(C)c1. The Morgan fingerprint density at radius 2 is 1.78 bits per heavy atom. The number of para-hydroxylation sites is 1. The summed E-state index contributed by atoms with van der Waals surface area (Å²) in [5.74, 6) is -1.74. The molecule has 0 aromatic heterocycles. The lowest BCUT2D eigenvalue weighted by Crippen LogP contribution is -2.52. The monoisotopic (exact) mass is 588 g/mol. The first-order valence-electron chi connectivity index (χ1n) is 13.6. The van der Waals surface area contributed by atoms with Gasteiger partial charge in [0.25, 0.3) is 5.91 Å². The fraction of sp³-hybridized carbons (Fsp3) is 0.467. The number of nitrogens with zero attached hydrogens (tertiary/aromatic N) is 1. The lowest BCUT2D eigenvalue weighted by atomic mass is 9.99. The zero-order valence-electron chi connectivity index (χ0n) is 24.5. The highest BCUT2D eigenvalue weighted by molar-refractivity contribution is 6.34. The summed E-state index contributed by atoms with van der Waals surface area (Å²) < 4.78 is 5.35. The van der Waals surface area contributed by atoms with E-state index in [9.17, 15) is 24.3 Å². The molecule has 2 atom stereocenters. The Bertz CT molecular complexity index is 1240. The third-order valence-electron chi connectivity index (χ3n) is 6.27. The fourth-order valence-corrected chi connectivity index (χ4v) is 4.46. The zero-order valence-corrected chi connectivity index (χ0v) is 25.3. The van der Waals surface area contributed by atoms with Crippen molar-refractivity contribution < 1.29 is 29.0 Å². The van der Waals surface area contributed by atoms with Crippen molar-refractivity contribution in [3.05, 3.63) is 58.1 Å². The molecular formula is C30H41ClN4O6. The Labute approximate surface area is 246 Å². The first-order valence-corrected chi connectivity index (χ1v) is 14.0. The minimum Gasteiger partial charge on any atom is -0.508 e. The van der Waals surface area contributed by atoms with Crippen LogP contribution in [0.25, 0.3) is 0 Å². The number of primary amides is 1. The second-order valence-corrected chi connectivity index (χ2v) is 11.4. The van der Waals surface area contributed by atoms with Crippen LogP contribution in [-0.2, 0) is 19.1 Å². The molecule has 10 nitrogen and oxygen atoms in total. The number of hydrogen-bond donors (Lipinski definition) is 4. The van der Waals surface area contributed by atoms with Crippen LogP contribution in [0.4, 0.5) is 10.5 Å². The number of ether oxygens (including phenoxy) is 1. The maximum Gasteiger partial charge on any atom is 0.408 e. The zero-order chi connectivity index (χ0) is 30.9. The van der Waals surface area contributed by atoms with Crippen LogP contribution in [0.2, 0.25) is 5.02 Å². The smallest absolute Gasteiger partial charge is 0.408 e. The van der Waals surface area contributed by atoms with E-state index in [2.05, 4.69) is 10.6 Å². The summed E-state index contributed by atoms with van der Waals surface area (Å²) in [4.78, 5) is 53.9. The summed E-state index contributed by atoms with van der Waals surface area (Å²) in [7, 11) is 0. The van der Waals surface area contributed by atoms with Crippen molar-refractivity contribution >= 4 is 41.1 Å². The number of alkyl carbamates (subject to hydrolysis) is 1. The van der Waals surface area contributed by atoms with Crippen molar-refractivity contribution in [2.75, 3.05) is 11.9 Å². The van der Waals surface area contributed by atoms with E-state index in [1.165, 1.54) is 11.0 Å². The first-order chi connectivity index (χ1) is 19.1. The molecule has 224 valence electrons. The standard InChI is InChI=1S/C30H41ClN4O6/c1-7-8-16-35(28(39)22(13-15-24(32)37)33-29(40)41-30(4,5)6)26(20-12-14-23(36)19(3)17-20)27(38)34-25-18(2)10-9-11-21(25)31/h9-12,14,17,22,26,36H,7-8,13,15-16H2,1-6H3,(H2,32,37)(H,33,40)(H,34,38). The van der Waals surface area contributed by atoms with E-state index in [1.807, 2.05) is 6.92 Å². The number of nitrogens with one attached hydrogen (secondary N) is 2. The van der Waals surface area contributed by atoms with Gasteiger partial charge in [0.15, 0.2) is 0 Å². The molecule has 0 radical (unpaired) electrons.